The molecule has 0 amide bonds. The highest BCUT2D eigenvalue weighted by atomic mass is 32.1. The van der Waals surface area contributed by atoms with Gasteiger partial charge in [-0.1, -0.05) is 11.2 Å². The second-order valence-corrected chi connectivity index (χ2v) is 4.67. The van der Waals surface area contributed by atoms with Gasteiger partial charge < -0.3 is 9.84 Å². The first kappa shape index (κ1) is 11.9. The Hall–Kier alpha value is -2.12. The van der Waals surface area contributed by atoms with Gasteiger partial charge in [-0.15, -0.1) is 11.3 Å². The summed E-state index contributed by atoms with van der Waals surface area (Å²) in [6.07, 6.45) is 3.09. The predicted molar refractivity (Wildman–Crippen MR) is 70.2 cm³/mol. The van der Waals surface area contributed by atoms with Gasteiger partial charge in [0.1, 0.15) is 5.01 Å². The van der Waals surface area contributed by atoms with Crippen molar-refractivity contribution < 1.29 is 4.52 Å². The third kappa shape index (κ3) is 3.01. The van der Waals surface area contributed by atoms with Gasteiger partial charge in [-0.2, -0.15) is 4.98 Å². The number of rotatable bonds is 5. The van der Waals surface area contributed by atoms with E-state index in [4.69, 9.17) is 0 Å². The molecule has 0 radical (unpaired) electrons. The van der Waals surface area contributed by atoms with Crippen LogP contribution in [-0.2, 0) is 13.1 Å². The molecule has 0 aliphatic heterocycles. The van der Waals surface area contributed by atoms with E-state index in [0.29, 0.717) is 18.9 Å². The molecule has 3 rings (SSSR count). The van der Waals surface area contributed by atoms with Gasteiger partial charge in [-0.05, 0) is 12.1 Å². The lowest BCUT2D eigenvalue weighted by atomic mass is 10.3. The number of hydrogen-bond acceptors (Lipinski definition) is 7. The van der Waals surface area contributed by atoms with E-state index in [1.807, 2.05) is 23.6 Å². The van der Waals surface area contributed by atoms with Crippen LogP contribution >= 0.6 is 11.3 Å². The Morgan fingerprint density at radius 1 is 1.21 bits per heavy atom. The summed E-state index contributed by atoms with van der Waals surface area (Å²) in [5.41, 5.74) is 1.88. The van der Waals surface area contributed by atoms with Crippen molar-refractivity contribution in [2.75, 3.05) is 0 Å². The van der Waals surface area contributed by atoms with Crippen LogP contribution in [0.3, 0.4) is 0 Å². The molecular weight excluding hydrogens is 262 g/mol. The standard InChI is InChI=1S/C12H11N5OS/c1-2-4-14-10(3-1)12-16-9(7-19-12)5-13-6-11-15-8-18-17-11/h1-4,7-8,13H,5-6H2. The molecule has 0 aliphatic carbocycles. The minimum Gasteiger partial charge on any atom is -0.343 e. The van der Waals surface area contributed by atoms with Gasteiger partial charge in [0, 0.05) is 18.1 Å². The van der Waals surface area contributed by atoms with Crippen LogP contribution in [-0.4, -0.2) is 20.1 Å². The molecule has 3 heterocycles. The summed E-state index contributed by atoms with van der Waals surface area (Å²) in [6.45, 7) is 1.23. The zero-order valence-corrected chi connectivity index (χ0v) is 10.8. The van der Waals surface area contributed by atoms with Crippen molar-refractivity contribution in [1.29, 1.82) is 0 Å². The molecule has 0 unspecified atom stereocenters. The van der Waals surface area contributed by atoms with Crippen molar-refractivity contribution in [3.8, 4) is 10.7 Å². The van der Waals surface area contributed by atoms with Crippen LogP contribution in [0.4, 0.5) is 0 Å². The number of nitrogens with one attached hydrogen (secondary N) is 1. The van der Waals surface area contributed by atoms with Crippen molar-refractivity contribution in [3.05, 3.63) is 47.7 Å². The SMILES string of the molecule is c1ccc(-c2nc(CNCc3ncon3)cs2)nc1. The van der Waals surface area contributed by atoms with E-state index >= 15 is 0 Å². The molecule has 0 aliphatic rings. The highest BCUT2D eigenvalue weighted by molar-refractivity contribution is 7.13. The van der Waals surface area contributed by atoms with Crippen molar-refractivity contribution >= 4 is 11.3 Å². The smallest absolute Gasteiger partial charge is 0.213 e. The van der Waals surface area contributed by atoms with Crippen molar-refractivity contribution in [2.24, 2.45) is 0 Å². The van der Waals surface area contributed by atoms with Crippen molar-refractivity contribution in [3.63, 3.8) is 0 Å². The molecule has 0 spiro atoms. The lowest BCUT2D eigenvalue weighted by Gasteiger charge is -1.97. The number of thiazole rings is 1. The van der Waals surface area contributed by atoms with E-state index in [1.54, 1.807) is 17.5 Å². The molecule has 7 heteroatoms. The van der Waals surface area contributed by atoms with Crippen LogP contribution < -0.4 is 5.32 Å². The zero-order chi connectivity index (χ0) is 12.9. The highest BCUT2D eigenvalue weighted by Gasteiger charge is 2.05. The summed E-state index contributed by atoms with van der Waals surface area (Å²) in [7, 11) is 0. The Labute approximate surface area is 113 Å². The minimum atomic E-state index is 0.562. The molecular formula is C12H11N5OS. The Kier molecular flexibility index (Phi) is 3.57. The summed E-state index contributed by atoms with van der Waals surface area (Å²) in [6, 6.07) is 5.80. The van der Waals surface area contributed by atoms with E-state index in [2.05, 4.69) is 29.9 Å². The minimum absolute atomic E-state index is 0.562. The molecule has 0 fully saturated rings. The third-order valence-corrected chi connectivity index (χ3v) is 3.35. The first-order valence-corrected chi connectivity index (χ1v) is 6.61. The topological polar surface area (TPSA) is 76.7 Å². The molecule has 19 heavy (non-hydrogen) atoms. The molecule has 96 valence electrons. The second-order valence-electron chi connectivity index (χ2n) is 3.81. The van der Waals surface area contributed by atoms with Crippen LogP contribution in [0, 0.1) is 0 Å². The number of hydrogen-bond donors (Lipinski definition) is 1. The zero-order valence-electron chi connectivity index (χ0n) is 9.98. The maximum atomic E-state index is 4.66. The van der Waals surface area contributed by atoms with Crippen LogP contribution in [0.5, 0.6) is 0 Å². The maximum Gasteiger partial charge on any atom is 0.213 e. The molecule has 0 saturated carbocycles. The second kappa shape index (κ2) is 5.68. The quantitative estimate of drug-likeness (QED) is 0.764. The fourth-order valence-corrected chi connectivity index (χ4v) is 2.36. The van der Waals surface area contributed by atoms with E-state index in [9.17, 15) is 0 Å². The molecule has 1 N–H and O–H groups in total. The van der Waals surface area contributed by atoms with Gasteiger partial charge >= 0.3 is 0 Å². The first-order chi connectivity index (χ1) is 9.42. The predicted octanol–water partition coefficient (Wildman–Crippen LogP) is 1.88. The fraction of sp³-hybridized carbons (Fsp3) is 0.167. The van der Waals surface area contributed by atoms with E-state index in [0.717, 1.165) is 16.4 Å². The summed E-state index contributed by atoms with van der Waals surface area (Å²) in [5.74, 6) is 0.639. The van der Waals surface area contributed by atoms with Crippen molar-refractivity contribution in [2.45, 2.75) is 13.1 Å². The van der Waals surface area contributed by atoms with Gasteiger partial charge in [0.25, 0.3) is 0 Å². The van der Waals surface area contributed by atoms with Gasteiger partial charge in [-0.3, -0.25) is 4.98 Å². The molecule has 0 bridgehead atoms. The maximum absolute atomic E-state index is 4.66. The molecule has 0 aromatic carbocycles. The van der Waals surface area contributed by atoms with Gasteiger partial charge in [0.05, 0.1) is 17.9 Å². The van der Waals surface area contributed by atoms with E-state index < -0.39 is 0 Å². The highest BCUT2D eigenvalue weighted by Crippen LogP contribution is 2.21. The van der Waals surface area contributed by atoms with Gasteiger partial charge in [-0.25, -0.2) is 4.98 Å². The normalized spacial score (nSPS) is 10.7. The molecule has 3 aromatic rings. The monoisotopic (exact) mass is 273 g/mol. The summed E-state index contributed by atoms with van der Waals surface area (Å²) < 4.78 is 4.66. The summed E-state index contributed by atoms with van der Waals surface area (Å²) in [5, 5.41) is 9.88. The van der Waals surface area contributed by atoms with Crippen LogP contribution in [0.25, 0.3) is 10.7 Å². The van der Waals surface area contributed by atoms with Crippen LogP contribution in [0.2, 0.25) is 0 Å². The Balaban J connectivity index is 1.59. The largest absolute Gasteiger partial charge is 0.343 e. The Morgan fingerprint density at radius 2 is 2.21 bits per heavy atom. The Morgan fingerprint density at radius 3 is 3.00 bits per heavy atom. The molecule has 0 atom stereocenters. The molecule has 6 nitrogen and oxygen atoms in total. The van der Waals surface area contributed by atoms with Gasteiger partial charge in [0.2, 0.25) is 6.39 Å². The fourth-order valence-electron chi connectivity index (χ4n) is 1.57. The molecule has 3 aromatic heterocycles. The van der Waals surface area contributed by atoms with Crippen LogP contribution in [0.1, 0.15) is 11.5 Å². The summed E-state index contributed by atoms with van der Waals surface area (Å²) in [4.78, 5) is 12.7. The molecule has 0 saturated heterocycles. The Bertz CT molecular complexity index is 623. The van der Waals surface area contributed by atoms with E-state index in [1.165, 1.54) is 6.39 Å². The lowest BCUT2D eigenvalue weighted by Crippen LogP contribution is -2.13. The number of nitrogens with zero attached hydrogens (tertiary/aromatic N) is 4. The van der Waals surface area contributed by atoms with Crippen molar-refractivity contribution in [1.82, 2.24) is 25.4 Å². The van der Waals surface area contributed by atoms with Crippen LogP contribution in [0.15, 0.2) is 40.7 Å². The lowest BCUT2D eigenvalue weighted by molar-refractivity contribution is 0.407. The van der Waals surface area contributed by atoms with E-state index in [-0.39, 0.29) is 0 Å². The number of pyridine rings is 1. The van der Waals surface area contributed by atoms with Gasteiger partial charge in [0.15, 0.2) is 5.82 Å². The third-order valence-electron chi connectivity index (χ3n) is 2.43. The number of aromatic nitrogens is 4. The summed E-state index contributed by atoms with van der Waals surface area (Å²) >= 11 is 1.59. The average molecular weight is 273 g/mol. The first-order valence-electron chi connectivity index (χ1n) is 5.73. The average Bonchev–Trinajstić information content (AvgIpc) is 3.11.